The molecule has 0 saturated heterocycles. The van der Waals surface area contributed by atoms with Crippen LogP contribution < -0.4 is 0 Å². The smallest absolute Gasteiger partial charge is 0.393 e. The van der Waals surface area contributed by atoms with Gasteiger partial charge < -0.3 is 19.6 Å². The van der Waals surface area contributed by atoms with Crippen molar-refractivity contribution in [3.05, 3.63) is 47.6 Å². The van der Waals surface area contributed by atoms with Gasteiger partial charge in [0.2, 0.25) is 0 Å². The van der Waals surface area contributed by atoms with Crippen LogP contribution in [0.2, 0.25) is 0 Å². The van der Waals surface area contributed by atoms with E-state index in [1.165, 1.54) is 11.6 Å². The first-order valence-electron chi connectivity index (χ1n) is 12.6. The molecule has 0 aliphatic heterocycles. The van der Waals surface area contributed by atoms with E-state index in [2.05, 4.69) is 26.5 Å². The third-order valence-electron chi connectivity index (χ3n) is 8.23. The van der Waals surface area contributed by atoms with Crippen molar-refractivity contribution in [1.82, 2.24) is 0 Å². The predicted molar refractivity (Wildman–Crippen MR) is 134 cm³/mol. The van der Waals surface area contributed by atoms with E-state index in [1.807, 2.05) is 13.0 Å². The minimum Gasteiger partial charge on any atom is -0.393 e. The highest BCUT2D eigenvalue weighted by Crippen LogP contribution is 2.59. The van der Waals surface area contributed by atoms with Crippen molar-refractivity contribution < 1.29 is 29.0 Å². The van der Waals surface area contributed by atoms with Gasteiger partial charge in [-0.1, -0.05) is 51.2 Å². The highest BCUT2D eigenvalue weighted by atomic mass is 31.2. The lowest BCUT2D eigenvalue weighted by Gasteiger charge is -2.44. The summed E-state index contributed by atoms with van der Waals surface area (Å²) < 4.78 is 17.0. The van der Waals surface area contributed by atoms with Crippen molar-refractivity contribution in [3.63, 3.8) is 0 Å². The van der Waals surface area contributed by atoms with Crippen LogP contribution in [0.25, 0.3) is 0 Å². The molecule has 0 amide bonds. The van der Waals surface area contributed by atoms with Crippen LogP contribution in [0.1, 0.15) is 72.1 Å². The van der Waals surface area contributed by atoms with Gasteiger partial charge in [0.25, 0.3) is 5.52 Å². The van der Waals surface area contributed by atoms with E-state index in [9.17, 15) is 24.5 Å². The Balaban J connectivity index is 1.73. The minimum absolute atomic E-state index is 0.0851. The zero-order valence-electron chi connectivity index (χ0n) is 20.8. The SMILES string of the molecule is C=C1C(=CC=C2CCC[C@@]3(C)C2CC[C@@H]3[C@H](C)C=CC(=O)P(=O)(O)OCCC)C[C@@H](O)C[C@@H]1O. The van der Waals surface area contributed by atoms with Crippen molar-refractivity contribution in [1.29, 1.82) is 0 Å². The van der Waals surface area contributed by atoms with Gasteiger partial charge in [0.15, 0.2) is 0 Å². The lowest BCUT2D eigenvalue weighted by Crippen LogP contribution is -2.35. The van der Waals surface area contributed by atoms with Gasteiger partial charge in [0, 0.05) is 6.42 Å². The van der Waals surface area contributed by atoms with Crippen LogP contribution >= 0.6 is 7.60 Å². The molecule has 3 saturated carbocycles. The second-order valence-electron chi connectivity index (χ2n) is 10.6. The first-order chi connectivity index (χ1) is 16.0. The van der Waals surface area contributed by atoms with Crippen LogP contribution in [-0.4, -0.2) is 39.4 Å². The summed E-state index contributed by atoms with van der Waals surface area (Å²) in [6, 6.07) is 0. The van der Waals surface area contributed by atoms with Crippen LogP contribution in [0.5, 0.6) is 0 Å². The van der Waals surface area contributed by atoms with E-state index in [1.54, 1.807) is 6.08 Å². The second-order valence-corrected chi connectivity index (χ2v) is 12.3. The molecule has 7 atom stereocenters. The molecule has 0 heterocycles. The van der Waals surface area contributed by atoms with Crippen molar-refractivity contribution in [2.24, 2.45) is 23.2 Å². The normalized spacial score (nSPS) is 37.2. The molecule has 0 bridgehead atoms. The standard InChI is InChI=1S/C27H41O6P/c1-5-15-33-34(31,32)26(30)13-8-18(2)23-11-12-24-20(7-6-14-27(23,24)4)9-10-21-16-22(28)17-25(29)19(21)3/h8-10,13,18,22-25,28-29H,3,5-7,11-12,14-17H2,1-2,4H3,(H,31,32)/t18-,22-,23-,24?,25+,27-/m1/s1. The summed E-state index contributed by atoms with van der Waals surface area (Å²) in [5.41, 5.74) is 2.29. The third kappa shape index (κ3) is 5.91. The number of aliphatic hydroxyl groups is 2. The fourth-order valence-corrected chi connectivity index (χ4v) is 7.18. The summed E-state index contributed by atoms with van der Waals surface area (Å²) in [5, 5.41) is 20.2. The number of allylic oxidation sites excluding steroid dienone is 5. The van der Waals surface area contributed by atoms with Gasteiger partial charge in [-0.3, -0.25) is 9.36 Å². The maximum atomic E-state index is 12.2. The van der Waals surface area contributed by atoms with E-state index in [0.29, 0.717) is 36.7 Å². The van der Waals surface area contributed by atoms with E-state index in [4.69, 9.17) is 4.52 Å². The summed E-state index contributed by atoms with van der Waals surface area (Å²) in [6.45, 7) is 10.4. The largest absolute Gasteiger partial charge is 0.398 e. The molecule has 190 valence electrons. The molecule has 3 aliphatic rings. The number of aliphatic hydroxyl groups excluding tert-OH is 2. The molecule has 7 heteroatoms. The van der Waals surface area contributed by atoms with Gasteiger partial charge in [0.1, 0.15) is 0 Å². The van der Waals surface area contributed by atoms with E-state index in [0.717, 1.165) is 37.7 Å². The number of fused-ring (bicyclic) bond motifs is 1. The molecule has 6 nitrogen and oxygen atoms in total. The van der Waals surface area contributed by atoms with E-state index < -0.39 is 25.3 Å². The van der Waals surface area contributed by atoms with Crippen molar-refractivity contribution in [2.45, 2.75) is 84.3 Å². The molecular weight excluding hydrogens is 451 g/mol. The first-order valence-corrected chi connectivity index (χ1v) is 14.2. The molecule has 34 heavy (non-hydrogen) atoms. The summed E-state index contributed by atoms with van der Waals surface area (Å²) >= 11 is 0. The average molecular weight is 493 g/mol. The Kier molecular flexibility index (Phi) is 8.97. The van der Waals surface area contributed by atoms with Crippen molar-refractivity contribution in [3.8, 4) is 0 Å². The molecule has 3 fully saturated rings. The Morgan fingerprint density at radius 3 is 2.76 bits per heavy atom. The Morgan fingerprint density at radius 2 is 2.06 bits per heavy atom. The Hall–Kier alpha value is -1.30. The maximum absolute atomic E-state index is 12.2. The molecule has 3 aliphatic carbocycles. The quantitative estimate of drug-likeness (QED) is 0.307. The van der Waals surface area contributed by atoms with Gasteiger partial charge in [-0.15, -0.1) is 0 Å². The fraction of sp³-hybridized carbons (Fsp3) is 0.667. The molecule has 3 rings (SSSR count). The molecule has 0 aromatic carbocycles. The zero-order valence-corrected chi connectivity index (χ0v) is 21.7. The molecule has 2 unspecified atom stereocenters. The first kappa shape index (κ1) is 27.3. The van der Waals surface area contributed by atoms with Gasteiger partial charge in [0.05, 0.1) is 18.8 Å². The molecule has 0 aromatic heterocycles. The second kappa shape index (κ2) is 11.2. The number of carbonyl (C=O) groups excluding carboxylic acids is 1. The fourth-order valence-electron chi connectivity index (χ4n) is 6.35. The summed E-state index contributed by atoms with van der Waals surface area (Å²) in [5.74, 6) is 0.922. The van der Waals surface area contributed by atoms with Crippen LogP contribution in [0.4, 0.5) is 0 Å². The van der Waals surface area contributed by atoms with Gasteiger partial charge in [-0.05, 0) is 85.3 Å². The van der Waals surface area contributed by atoms with Crippen molar-refractivity contribution in [2.75, 3.05) is 6.61 Å². The van der Waals surface area contributed by atoms with E-state index >= 15 is 0 Å². The zero-order chi connectivity index (χ0) is 25.1. The highest BCUT2D eigenvalue weighted by Gasteiger charge is 2.50. The van der Waals surface area contributed by atoms with Crippen molar-refractivity contribution >= 4 is 13.1 Å². The van der Waals surface area contributed by atoms with Gasteiger partial charge in [-0.25, -0.2) is 0 Å². The van der Waals surface area contributed by atoms with Gasteiger partial charge in [-0.2, -0.15) is 0 Å². The third-order valence-corrected chi connectivity index (χ3v) is 9.47. The number of carbonyl (C=O) groups is 1. The maximum Gasteiger partial charge on any atom is 0.398 e. The average Bonchev–Trinajstić information content (AvgIpc) is 3.14. The molecule has 3 N–H and O–H groups in total. The van der Waals surface area contributed by atoms with Crippen LogP contribution in [0, 0.1) is 23.2 Å². The number of hydrogen-bond acceptors (Lipinski definition) is 5. The molecule has 0 spiro atoms. The summed E-state index contributed by atoms with van der Waals surface area (Å²) in [6.07, 6.45) is 12.9. The van der Waals surface area contributed by atoms with Gasteiger partial charge >= 0.3 is 7.60 Å². The lowest BCUT2D eigenvalue weighted by molar-refractivity contribution is -0.109. The van der Waals surface area contributed by atoms with E-state index in [-0.39, 0.29) is 17.9 Å². The topological polar surface area (TPSA) is 104 Å². The van der Waals surface area contributed by atoms with Crippen LogP contribution in [0.3, 0.4) is 0 Å². The van der Waals surface area contributed by atoms with Crippen LogP contribution in [0.15, 0.2) is 47.6 Å². The summed E-state index contributed by atoms with van der Waals surface area (Å²) in [4.78, 5) is 22.1. The minimum atomic E-state index is -4.26. The molecule has 0 aromatic rings. The number of hydrogen-bond donors (Lipinski definition) is 3. The molecular formula is C27H41O6P. The lowest BCUT2D eigenvalue weighted by atomic mass is 9.61. The van der Waals surface area contributed by atoms with Crippen LogP contribution in [-0.2, 0) is 13.9 Å². The number of rotatable bonds is 8. The Bertz CT molecular complexity index is 918. The monoisotopic (exact) mass is 492 g/mol. The highest BCUT2D eigenvalue weighted by molar-refractivity contribution is 7.71. The summed E-state index contributed by atoms with van der Waals surface area (Å²) in [7, 11) is -4.26. The Labute approximate surface area is 204 Å². The molecule has 0 radical (unpaired) electrons. The predicted octanol–water partition coefficient (Wildman–Crippen LogP) is 5.46. The Morgan fingerprint density at radius 1 is 1.32 bits per heavy atom.